The number of amides is 1. The number of hydrogen-bond donors (Lipinski definition) is 2. The van der Waals surface area contributed by atoms with E-state index in [0.29, 0.717) is 17.7 Å². The van der Waals surface area contributed by atoms with Crippen molar-refractivity contribution in [2.75, 3.05) is 6.54 Å². The predicted molar refractivity (Wildman–Crippen MR) is 88.4 cm³/mol. The Morgan fingerprint density at radius 2 is 1.96 bits per heavy atom. The fourth-order valence-electron chi connectivity index (χ4n) is 2.37. The van der Waals surface area contributed by atoms with Crippen molar-refractivity contribution in [2.24, 2.45) is 0 Å². The summed E-state index contributed by atoms with van der Waals surface area (Å²) in [5.41, 5.74) is 1.72. The molecule has 0 aliphatic carbocycles. The molecular formula is C17H23N3O4. The highest BCUT2D eigenvalue weighted by atomic mass is 16.5. The Balaban J connectivity index is 2.55. The van der Waals surface area contributed by atoms with Crippen LogP contribution in [0.4, 0.5) is 0 Å². The summed E-state index contributed by atoms with van der Waals surface area (Å²) >= 11 is 0. The van der Waals surface area contributed by atoms with E-state index in [1.54, 1.807) is 27.7 Å². The summed E-state index contributed by atoms with van der Waals surface area (Å²) in [6.07, 6.45) is 0.566. The molecule has 24 heavy (non-hydrogen) atoms. The molecule has 0 atom stereocenters. The second-order valence-corrected chi connectivity index (χ2v) is 5.81. The fraction of sp³-hybridized carbons (Fsp3) is 0.529. The molecule has 0 unspecified atom stereocenters. The second-order valence-electron chi connectivity index (χ2n) is 5.81. The van der Waals surface area contributed by atoms with E-state index < -0.39 is 5.56 Å². The quantitative estimate of drug-likeness (QED) is 0.729. The lowest BCUT2D eigenvalue weighted by Gasteiger charge is -2.11. The Labute approximate surface area is 141 Å². The van der Waals surface area contributed by atoms with Gasteiger partial charge in [0.15, 0.2) is 0 Å². The number of aryl methyl sites for hydroxylation is 1. The molecule has 0 aromatic carbocycles. The van der Waals surface area contributed by atoms with Gasteiger partial charge >= 0.3 is 5.97 Å². The van der Waals surface area contributed by atoms with Crippen LogP contribution in [0.5, 0.6) is 0 Å². The molecule has 0 saturated heterocycles. The van der Waals surface area contributed by atoms with E-state index >= 15 is 0 Å². The van der Waals surface area contributed by atoms with Gasteiger partial charge < -0.3 is 15.0 Å². The van der Waals surface area contributed by atoms with E-state index in [0.717, 1.165) is 5.56 Å². The monoisotopic (exact) mass is 333 g/mol. The lowest BCUT2D eigenvalue weighted by Crippen LogP contribution is -2.27. The summed E-state index contributed by atoms with van der Waals surface area (Å²) in [5.74, 6) is -0.549. The molecule has 7 nitrogen and oxygen atoms in total. The number of ether oxygens (including phenoxy) is 1. The van der Waals surface area contributed by atoms with Crippen molar-refractivity contribution in [2.45, 2.75) is 53.1 Å². The Bertz CT molecular complexity index is 714. The molecule has 0 saturated carbocycles. The Kier molecular flexibility index (Phi) is 7.18. The number of pyridine rings is 1. The van der Waals surface area contributed by atoms with Crippen LogP contribution in [0.15, 0.2) is 4.79 Å². The minimum atomic E-state index is -0.413. The van der Waals surface area contributed by atoms with Crippen LogP contribution in [-0.4, -0.2) is 29.5 Å². The Morgan fingerprint density at radius 3 is 2.54 bits per heavy atom. The molecule has 1 aromatic heterocycles. The molecule has 0 fully saturated rings. The summed E-state index contributed by atoms with van der Waals surface area (Å²) < 4.78 is 4.97. The van der Waals surface area contributed by atoms with Crippen LogP contribution in [0.2, 0.25) is 0 Å². The number of nitriles is 1. The lowest BCUT2D eigenvalue weighted by atomic mass is 9.99. The fourth-order valence-corrected chi connectivity index (χ4v) is 2.37. The molecule has 1 amide bonds. The molecule has 0 bridgehead atoms. The molecule has 1 rings (SSSR count). The molecule has 0 radical (unpaired) electrons. The molecule has 0 aliphatic rings. The van der Waals surface area contributed by atoms with Gasteiger partial charge in [-0.1, -0.05) is 0 Å². The van der Waals surface area contributed by atoms with Crippen LogP contribution >= 0.6 is 0 Å². The van der Waals surface area contributed by atoms with E-state index in [2.05, 4.69) is 10.3 Å². The average molecular weight is 333 g/mol. The van der Waals surface area contributed by atoms with Gasteiger partial charge in [-0.2, -0.15) is 5.26 Å². The largest absolute Gasteiger partial charge is 0.463 e. The standard InChI is InChI=1S/C17H23N3O4/c1-10(2)24-16(22)7-8-19-15(21)6-5-13-11(3)14(9-18)17(23)20-12(13)4/h10H,5-8H2,1-4H3,(H,19,21)(H,20,23). The first-order valence-corrected chi connectivity index (χ1v) is 7.84. The number of carbonyl (C=O) groups excluding carboxylic acids is 2. The number of rotatable bonds is 7. The number of H-pyrrole nitrogens is 1. The number of esters is 1. The SMILES string of the molecule is Cc1[nH]c(=O)c(C#N)c(C)c1CCC(=O)NCCC(=O)OC(C)C. The van der Waals surface area contributed by atoms with Gasteiger partial charge in [0.05, 0.1) is 12.5 Å². The number of hydrogen-bond acceptors (Lipinski definition) is 5. The molecule has 7 heteroatoms. The van der Waals surface area contributed by atoms with Crippen LogP contribution in [0.1, 0.15) is 49.1 Å². The Morgan fingerprint density at radius 1 is 1.29 bits per heavy atom. The number of aromatic nitrogens is 1. The summed E-state index contributed by atoms with van der Waals surface area (Å²) in [6, 6.07) is 1.89. The van der Waals surface area contributed by atoms with Crippen molar-refractivity contribution >= 4 is 11.9 Å². The van der Waals surface area contributed by atoms with Crippen molar-refractivity contribution in [1.82, 2.24) is 10.3 Å². The minimum absolute atomic E-state index is 0.0763. The van der Waals surface area contributed by atoms with Gasteiger partial charge in [0.2, 0.25) is 5.91 Å². The van der Waals surface area contributed by atoms with Crippen LogP contribution in [-0.2, 0) is 20.7 Å². The summed E-state index contributed by atoms with van der Waals surface area (Å²) in [4.78, 5) is 37.5. The number of aromatic amines is 1. The molecule has 1 heterocycles. The third kappa shape index (κ3) is 5.54. The van der Waals surface area contributed by atoms with Crippen molar-refractivity contribution in [3.05, 3.63) is 32.7 Å². The smallest absolute Gasteiger partial charge is 0.307 e. The number of nitrogens with one attached hydrogen (secondary N) is 2. The van der Waals surface area contributed by atoms with Crippen molar-refractivity contribution in [3.8, 4) is 6.07 Å². The number of carbonyl (C=O) groups is 2. The van der Waals surface area contributed by atoms with Crippen LogP contribution in [0, 0.1) is 25.2 Å². The maximum absolute atomic E-state index is 11.9. The van der Waals surface area contributed by atoms with Crippen molar-refractivity contribution < 1.29 is 14.3 Å². The average Bonchev–Trinajstić information content (AvgIpc) is 2.46. The first-order chi connectivity index (χ1) is 11.3. The zero-order valence-corrected chi connectivity index (χ0v) is 14.5. The highest BCUT2D eigenvalue weighted by Crippen LogP contribution is 2.14. The van der Waals surface area contributed by atoms with E-state index in [1.165, 1.54) is 0 Å². The Hall–Kier alpha value is -2.62. The van der Waals surface area contributed by atoms with Crippen LogP contribution in [0.3, 0.4) is 0 Å². The van der Waals surface area contributed by atoms with Gasteiger partial charge in [0, 0.05) is 18.7 Å². The highest BCUT2D eigenvalue weighted by molar-refractivity contribution is 5.77. The van der Waals surface area contributed by atoms with Gasteiger partial charge in [-0.25, -0.2) is 0 Å². The summed E-state index contributed by atoms with van der Waals surface area (Å²) in [6.45, 7) is 7.19. The molecule has 0 spiro atoms. The third-order valence-corrected chi connectivity index (χ3v) is 3.54. The van der Waals surface area contributed by atoms with E-state index in [9.17, 15) is 14.4 Å². The van der Waals surface area contributed by atoms with Gasteiger partial charge in [-0.15, -0.1) is 0 Å². The van der Waals surface area contributed by atoms with Crippen molar-refractivity contribution in [3.63, 3.8) is 0 Å². The number of nitrogens with zero attached hydrogens (tertiary/aromatic N) is 1. The zero-order chi connectivity index (χ0) is 18.3. The van der Waals surface area contributed by atoms with Gasteiger partial charge in [0.25, 0.3) is 5.56 Å². The van der Waals surface area contributed by atoms with E-state index in [4.69, 9.17) is 10.00 Å². The van der Waals surface area contributed by atoms with Gasteiger partial charge in [0.1, 0.15) is 11.6 Å². The molecule has 1 aromatic rings. The lowest BCUT2D eigenvalue weighted by molar-refractivity contribution is -0.147. The molecular weight excluding hydrogens is 310 g/mol. The first kappa shape index (κ1) is 19.4. The topological polar surface area (TPSA) is 112 Å². The van der Waals surface area contributed by atoms with E-state index in [-0.39, 0.29) is 42.9 Å². The summed E-state index contributed by atoms with van der Waals surface area (Å²) in [5, 5.41) is 11.7. The maximum atomic E-state index is 11.9. The second kappa shape index (κ2) is 8.87. The minimum Gasteiger partial charge on any atom is -0.463 e. The molecule has 0 aliphatic heterocycles. The van der Waals surface area contributed by atoms with Crippen molar-refractivity contribution in [1.29, 1.82) is 5.26 Å². The predicted octanol–water partition coefficient (Wildman–Crippen LogP) is 1.25. The molecule has 2 N–H and O–H groups in total. The zero-order valence-electron chi connectivity index (χ0n) is 14.5. The van der Waals surface area contributed by atoms with Crippen LogP contribution in [0.25, 0.3) is 0 Å². The first-order valence-electron chi connectivity index (χ1n) is 7.84. The highest BCUT2D eigenvalue weighted by Gasteiger charge is 2.13. The van der Waals surface area contributed by atoms with Crippen LogP contribution < -0.4 is 10.9 Å². The van der Waals surface area contributed by atoms with Gasteiger partial charge in [-0.3, -0.25) is 14.4 Å². The normalized spacial score (nSPS) is 10.3. The third-order valence-electron chi connectivity index (χ3n) is 3.54. The molecule has 130 valence electrons. The van der Waals surface area contributed by atoms with Gasteiger partial charge in [-0.05, 0) is 45.2 Å². The summed E-state index contributed by atoms with van der Waals surface area (Å²) in [7, 11) is 0. The van der Waals surface area contributed by atoms with E-state index in [1.807, 2.05) is 6.07 Å². The maximum Gasteiger partial charge on any atom is 0.307 e.